The van der Waals surface area contributed by atoms with Crippen molar-refractivity contribution in [2.24, 2.45) is 0 Å². The standard InChI is InChI=1S/C24H39N5O4SSi/c1-19-17-32-12-11-28(19)22-16-20(24(8-9-24)34(3,30)31)15-21(26-22)27(2)23-7-10-25-29(23)18-33-13-14-35(4,5)6/h7,10,15-16,19H,8-9,11-14,17-18H2,1-6H3/t19-/m1/s1. The van der Waals surface area contributed by atoms with Crippen LogP contribution in [0.25, 0.3) is 0 Å². The van der Waals surface area contributed by atoms with Crippen LogP contribution in [0.5, 0.6) is 0 Å². The summed E-state index contributed by atoms with van der Waals surface area (Å²) >= 11 is 0. The van der Waals surface area contributed by atoms with E-state index in [-0.39, 0.29) is 6.04 Å². The molecule has 4 rings (SSSR count). The summed E-state index contributed by atoms with van der Waals surface area (Å²) in [7, 11) is -2.49. The van der Waals surface area contributed by atoms with Gasteiger partial charge in [-0.1, -0.05) is 19.6 Å². The molecule has 1 atom stereocenters. The van der Waals surface area contributed by atoms with Crippen molar-refractivity contribution in [1.29, 1.82) is 0 Å². The van der Waals surface area contributed by atoms with Crippen molar-refractivity contribution in [3.8, 4) is 0 Å². The maximum absolute atomic E-state index is 12.8. The minimum absolute atomic E-state index is 0.156. The van der Waals surface area contributed by atoms with Crippen molar-refractivity contribution in [2.45, 2.75) is 63.0 Å². The molecular weight excluding hydrogens is 482 g/mol. The minimum Gasteiger partial charge on any atom is -0.377 e. The number of pyridine rings is 1. The lowest BCUT2D eigenvalue weighted by molar-refractivity contribution is 0.0797. The number of hydrogen-bond acceptors (Lipinski definition) is 8. The van der Waals surface area contributed by atoms with Crippen LogP contribution in [-0.2, 0) is 30.8 Å². The number of anilines is 3. The van der Waals surface area contributed by atoms with Crippen LogP contribution in [0.15, 0.2) is 24.4 Å². The van der Waals surface area contributed by atoms with Crippen LogP contribution in [0.2, 0.25) is 25.7 Å². The van der Waals surface area contributed by atoms with Crippen LogP contribution in [0.1, 0.15) is 25.3 Å². The summed E-state index contributed by atoms with van der Waals surface area (Å²) < 4.78 is 38.1. The second-order valence-electron chi connectivity index (χ2n) is 11.1. The van der Waals surface area contributed by atoms with Crippen molar-refractivity contribution < 1.29 is 17.9 Å². The lowest BCUT2D eigenvalue weighted by Crippen LogP contribution is -2.44. The number of ether oxygens (including phenoxy) is 2. The maximum atomic E-state index is 12.8. The Kier molecular flexibility index (Phi) is 7.34. The van der Waals surface area contributed by atoms with E-state index in [9.17, 15) is 8.42 Å². The van der Waals surface area contributed by atoms with Crippen LogP contribution in [0, 0.1) is 0 Å². The molecule has 1 saturated carbocycles. The van der Waals surface area contributed by atoms with Gasteiger partial charge >= 0.3 is 0 Å². The zero-order valence-electron chi connectivity index (χ0n) is 21.8. The first-order valence-electron chi connectivity index (χ1n) is 12.3. The topological polar surface area (TPSA) is 89.8 Å². The smallest absolute Gasteiger partial charge is 0.157 e. The highest BCUT2D eigenvalue weighted by Crippen LogP contribution is 2.53. The molecule has 2 aliphatic rings. The van der Waals surface area contributed by atoms with Gasteiger partial charge in [0.15, 0.2) is 9.84 Å². The maximum Gasteiger partial charge on any atom is 0.157 e. The summed E-state index contributed by atoms with van der Waals surface area (Å²) in [5.74, 6) is 2.32. The second kappa shape index (κ2) is 9.83. The fourth-order valence-corrected chi connectivity index (χ4v) is 6.64. The second-order valence-corrected chi connectivity index (χ2v) is 19.0. The summed E-state index contributed by atoms with van der Waals surface area (Å²) in [5.41, 5.74) is 0.808. The van der Waals surface area contributed by atoms with Gasteiger partial charge in [-0.25, -0.2) is 18.1 Å². The molecule has 3 heterocycles. The third kappa shape index (κ3) is 5.73. The van der Waals surface area contributed by atoms with Gasteiger partial charge in [0.25, 0.3) is 0 Å². The molecule has 1 saturated heterocycles. The Hall–Kier alpha value is -1.95. The molecule has 0 amide bonds. The SMILES string of the molecule is C[C@@H]1COCCN1c1cc(C2(S(C)(=O)=O)CC2)cc(N(C)c2ccnn2COCC[Si](C)(C)C)n1. The van der Waals surface area contributed by atoms with Crippen LogP contribution < -0.4 is 9.80 Å². The van der Waals surface area contributed by atoms with E-state index in [0.717, 1.165) is 29.8 Å². The Bertz CT molecular complexity index is 1140. The average Bonchev–Trinajstić information content (AvgIpc) is 3.49. The van der Waals surface area contributed by atoms with Gasteiger partial charge in [-0.3, -0.25) is 0 Å². The van der Waals surface area contributed by atoms with Gasteiger partial charge in [-0.05, 0) is 43.5 Å². The first-order valence-corrected chi connectivity index (χ1v) is 17.9. The van der Waals surface area contributed by atoms with Gasteiger partial charge in [0.2, 0.25) is 0 Å². The molecule has 0 unspecified atom stereocenters. The molecule has 2 aromatic heterocycles. The fourth-order valence-electron chi connectivity index (χ4n) is 4.50. The minimum atomic E-state index is -3.26. The number of sulfone groups is 1. The van der Waals surface area contributed by atoms with Crippen LogP contribution in [0.4, 0.5) is 17.5 Å². The third-order valence-electron chi connectivity index (χ3n) is 6.99. The van der Waals surface area contributed by atoms with Gasteiger partial charge in [-0.15, -0.1) is 0 Å². The molecular formula is C24H39N5O4SSi. The lowest BCUT2D eigenvalue weighted by Gasteiger charge is -2.35. The Morgan fingerprint density at radius 1 is 1.29 bits per heavy atom. The Morgan fingerprint density at radius 2 is 2.03 bits per heavy atom. The number of hydrogen-bond donors (Lipinski definition) is 0. The molecule has 0 radical (unpaired) electrons. The normalized spacial score (nSPS) is 20.2. The molecule has 2 fully saturated rings. The van der Waals surface area contributed by atoms with E-state index >= 15 is 0 Å². The van der Waals surface area contributed by atoms with E-state index in [0.29, 0.717) is 45.2 Å². The van der Waals surface area contributed by atoms with Crippen molar-refractivity contribution in [3.63, 3.8) is 0 Å². The van der Waals surface area contributed by atoms with Crippen molar-refractivity contribution in [3.05, 3.63) is 30.0 Å². The Balaban J connectivity index is 1.65. The average molecular weight is 522 g/mol. The van der Waals surface area contributed by atoms with Crippen molar-refractivity contribution >= 4 is 35.4 Å². The highest BCUT2D eigenvalue weighted by Gasteiger charge is 2.54. The van der Waals surface area contributed by atoms with E-state index in [1.807, 2.05) is 34.8 Å². The first-order chi connectivity index (χ1) is 16.4. The van der Waals surface area contributed by atoms with Crippen molar-refractivity contribution in [2.75, 3.05) is 49.5 Å². The summed E-state index contributed by atoms with van der Waals surface area (Å²) in [4.78, 5) is 9.15. The molecule has 194 valence electrons. The van der Waals surface area contributed by atoms with E-state index in [2.05, 4.69) is 36.6 Å². The van der Waals surface area contributed by atoms with E-state index in [1.165, 1.54) is 6.26 Å². The van der Waals surface area contributed by atoms with E-state index in [1.54, 1.807) is 6.20 Å². The molecule has 0 aromatic carbocycles. The predicted molar refractivity (Wildman–Crippen MR) is 142 cm³/mol. The fraction of sp³-hybridized carbons (Fsp3) is 0.667. The zero-order valence-corrected chi connectivity index (χ0v) is 23.6. The molecule has 1 aliphatic carbocycles. The monoisotopic (exact) mass is 521 g/mol. The molecule has 11 heteroatoms. The Morgan fingerprint density at radius 3 is 2.66 bits per heavy atom. The van der Waals surface area contributed by atoms with Gasteiger partial charge in [0.1, 0.15) is 24.2 Å². The highest BCUT2D eigenvalue weighted by molar-refractivity contribution is 7.92. The number of aromatic nitrogens is 3. The summed E-state index contributed by atoms with van der Waals surface area (Å²) in [6, 6.07) is 7.06. The van der Waals surface area contributed by atoms with Crippen LogP contribution in [-0.4, -0.2) is 77.0 Å². The predicted octanol–water partition coefficient (Wildman–Crippen LogP) is 3.62. The molecule has 1 aliphatic heterocycles. The first kappa shape index (κ1) is 26.1. The van der Waals surface area contributed by atoms with Crippen molar-refractivity contribution in [1.82, 2.24) is 14.8 Å². The van der Waals surface area contributed by atoms with Gasteiger partial charge in [0.05, 0.1) is 30.2 Å². The summed E-state index contributed by atoms with van der Waals surface area (Å²) in [5, 5.41) is 4.45. The van der Waals surface area contributed by atoms with Gasteiger partial charge < -0.3 is 19.3 Å². The third-order valence-corrected chi connectivity index (χ3v) is 10.8. The molecule has 2 aromatic rings. The molecule has 35 heavy (non-hydrogen) atoms. The number of nitrogens with zero attached hydrogens (tertiary/aromatic N) is 5. The van der Waals surface area contributed by atoms with E-state index in [4.69, 9.17) is 14.5 Å². The van der Waals surface area contributed by atoms with Gasteiger partial charge in [-0.2, -0.15) is 5.10 Å². The Labute approximate surface area is 210 Å². The number of rotatable bonds is 10. The molecule has 0 spiro atoms. The largest absolute Gasteiger partial charge is 0.377 e. The van der Waals surface area contributed by atoms with Gasteiger partial charge in [0, 0.05) is 40.6 Å². The quantitative estimate of drug-likeness (QED) is 0.346. The molecule has 0 bridgehead atoms. The highest BCUT2D eigenvalue weighted by atomic mass is 32.2. The summed E-state index contributed by atoms with van der Waals surface area (Å²) in [6.45, 7) is 12.1. The zero-order chi connectivity index (χ0) is 25.4. The van der Waals surface area contributed by atoms with Crippen LogP contribution >= 0.6 is 0 Å². The lowest BCUT2D eigenvalue weighted by atomic mass is 10.1. The van der Waals surface area contributed by atoms with Crippen LogP contribution in [0.3, 0.4) is 0 Å². The van der Waals surface area contributed by atoms with E-state index < -0.39 is 22.7 Å². The molecule has 9 nitrogen and oxygen atoms in total. The number of morpholine rings is 1. The summed E-state index contributed by atoms with van der Waals surface area (Å²) in [6.07, 6.45) is 4.37. The molecule has 0 N–H and O–H groups in total.